The molecule has 5 aliphatic rings. The van der Waals surface area contributed by atoms with Crippen LogP contribution in [0.25, 0.3) is 23.8 Å². The molecule has 0 radical (unpaired) electrons. The van der Waals surface area contributed by atoms with Crippen LogP contribution in [-0.2, 0) is 20.7 Å². The number of carboxylic acids is 2. The average molecular weight is 959 g/mol. The summed E-state index contributed by atoms with van der Waals surface area (Å²) in [5.74, 6) is -3.53. The number of ether oxygens (including phenoxy) is 3. The highest BCUT2D eigenvalue weighted by atomic mass is 35.5. The van der Waals surface area contributed by atoms with Gasteiger partial charge in [0, 0.05) is 35.6 Å². The molecule has 0 saturated carbocycles. The zero-order chi connectivity index (χ0) is 49.3. The number of aromatic hydroxyl groups is 1. The van der Waals surface area contributed by atoms with Gasteiger partial charge in [-0.3, -0.25) is 4.79 Å². The topological polar surface area (TPSA) is 143 Å². The molecule has 1 spiro atoms. The lowest BCUT2D eigenvalue weighted by atomic mass is 9.60. The Morgan fingerprint density at radius 1 is 0.826 bits per heavy atom. The van der Waals surface area contributed by atoms with Crippen LogP contribution in [0.4, 0.5) is 0 Å². The standard InChI is InChI=1S/C38H46O9.C20H21N.ClH/c1-21(2)11-10-18-36(8)19-17-24-29(39)28-30(40)26-12-9-13-27-35(6,7)47-37(34(43)44,20-16-23(5)33(41)42)38(26,27)46-32(28)25(31(24)45-36)15-14-22(3)4;1-21(2)15-7-12-20-18-10-5-3-8-16(18)13-14-17-9-4-6-11-19(17)20;/h11-12,14,16-17,19,27,39H,9-10,13,15,18,20H2,1-8H3,(H,41,42)(H,43,44);3-6,8-14H,7,15H2,1-2H3;1H. The van der Waals surface area contributed by atoms with Gasteiger partial charge in [0.15, 0.2) is 11.4 Å². The Kier molecular flexibility index (Phi) is 15.6. The smallest absolute Gasteiger partial charge is 0.340 e. The maximum absolute atomic E-state index is 14.7. The molecule has 1 saturated heterocycles. The van der Waals surface area contributed by atoms with Crippen LogP contribution in [0.1, 0.15) is 138 Å². The number of fused-ring (bicyclic) bond motifs is 4. The number of hydrogen-bond acceptors (Lipinski definition) is 8. The molecule has 2 aliphatic carbocycles. The molecule has 0 amide bonds. The van der Waals surface area contributed by atoms with Gasteiger partial charge in [-0.2, -0.15) is 0 Å². The molecular formula is C58H68ClNO9. The van der Waals surface area contributed by atoms with Gasteiger partial charge >= 0.3 is 11.9 Å². The fraction of sp³-hybridized carbons (Fsp3) is 0.397. The Bertz CT molecular complexity index is 2690. The first-order chi connectivity index (χ1) is 32.2. The van der Waals surface area contributed by atoms with Crippen LogP contribution in [0.3, 0.4) is 0 Å². The van der Waals surface area contributed by atoms with Gasteiger partial charge < -0.3 is 34.4 Å². The Labute approximate surface area is 413 Å². The van der Waals surface area contributed by atoms with Crippen LogP contribution in [0.15, 0.2) is 107 Å². The predicted molar refractivity (Wildman–Crippen MR) is 277 cm³/mol. The van der Waals surface area contributed by atoms with E-state index in [0.29, 0.717) is 42.6 Å². The third-order valence-electron chi connectivity index (χ3n) is 13.9. The van der Waals surface area contributed by atoms with E-state index in [1.165, 1.54) is 46.4 Å². The van der Waals surface area contributed by atoms with E-state index in [1.807, 2.05) is 46.8 Å². The normalized spacial score (nSPS) is 23.3. The molecule has 3 N–H and O–H groups in total. The summed E-state index contributed by atoms with van der Waals surface area (Å²) in [6.07, 6.45) is 21.0. The van der Waals surface area contributed by atoms with E-state index in [-0.39, 0.29) is 47.0 Å². The van der Waals surface area contributed by atoms with Crippen LogP contribution < -0.4 is 9.47 Å². The number of allylic oxidation sites excluding steroid dienone is 5. The van der Waals surface area contributed by atoms with E-state index in [2.05, 4.69) is 91.8 Å². The predicted octanol–water partition coefficient (Wildman–Crippen LogP) is 12.5. The molecule has 3 aliphatic heterocycles. The summed E-state index contributed by atoms with van der Waals surface area (Å²) in [5.41, 5.74) is 3.94. The van der Waals surface area contributed by atoms with Gasteiger partial charge in [0.1, 0.15) is 28.4 Å². The van der Waals surface area contributed by atoms with Crippen molar-refractivity contribution in [1.29, 1.82) is 0 Å². The number of carbonyl (C=O) groups excluding carboxylic acids is 1. The van der Waals surface area contributed by atoms with Crippen LogP contribution in [0.2, 0.25) is 0 Å². The lowest BCUT2D eigenvalue weighted by Gasteiger charge is -2.50. The lowest BCUT2D eigenvalue weighted by Crippen LogP contribution is -2.66. The fourth-order valence-corrected chi connectivity index (χ4v) is 10.4. The quantitative estimate of drug-likeness (QED) is 0.0927. The number of rotatable bonds is 12. The zero-order valence-electron chi connectivity index (χ0n) is 41.7. The van der Waals surface area contributed by atoms with Crippen LogP contribution in [0, 0.1) is 5.92 Å². The molecule has 0 aromatic heterocycles. The summed E-state index contributed by atoms with van der Waals surface area (Å²) in [6, 6.07) is 17.3. The minimum Gasteiger partial charge on any atom is -0.506 e. The molecule has 3 aromatic rings. The highest BCUT2D eigenvalue weighted by Gasteiger charge is 2.77. The van der Waals surface area contributed by atoms with Crippen molar-refractivity contribution in [1.82, 2.24) is 4.90 Å². The molecule has 1 fully saturated rings. The highest BCUT2D eigenvalue weighted by molar-refractivity contribution is 6.17. The minimum atomic E-state index is -2.16. The van der Waals surface area contributed by atoms with Crippen LogP contribution in [0.5, 0.6) is 17.2 Å². The second-order valence-corrected chi connectivity index (χ2v) is 20.2. The summed E-state index contributed by atoms with van der Waals surface area (Å²) >= 11 is 0. The van der Waals surface area contributed by atoms with Crippen molar-refractivity contribution in [3.05, 3.63) is 146 Å². The molecule has 3 heterocycles. The molecule has 10 nitrogen and oxygen atoms in total. The van der Waals surface area contributed by atoms with E-state index in [1.54, 1.807) is 26.0 Å². The largest absolute Gasteiger partial charge is 0.506 e. The third kappa shape index (κ3) is 9.94. The Hall–Kier alpha value is -5.94. The molecule has 0 bridgehead atoms. The summed E-state index contributed by atoms with van der Waals surface area (Å²) in [6.45, 7) is 16.0. The van der Waals surface area contributed by atoms with Crippen molar-refractivity contribution in [3.8, 4) is 17.2 Å². The monoisotopic (exact) mass is 957 g/mol. The Balaban J connectivity index is 0.000000296. The second-order valence-electron chi connectivity index (χ2n) is 20.2. The number of benzene rings is 3. The van der Waals surface area contributed by atoms with Gasteiger partial charge in [-0.1, -0.05) is 102 Å². The summed E-state index contributed by atoms with van der Waals surface area (Å²) < 4.78 is 20.2. The number of phenols is 1. The zero-order valence-corrected chi connectivity index (χ0v) is 42.5. The Morgan fingerprint density at radius 2 is 1.45 bits per heavy atom. The number of carboxylic acid groups (broad SMARTS) is 2. The van der Waals surface area contributed by atoms with Gasteiger partial charge in [-0.25, -0.2) is 9.59 Å². The Morgan fingerprint density at radius 3 is 2.03 bits per heavy atom. The molecule has 3 aromatic carbocycles. The molecule has 4 atom stereocenters. The van der Waals surface area contributed by atoms with Crippen molar-refractivity contribution in [2.24, 2.45) is 5.92 Å². The lowest BCUT2D eigenvalue weighted by molar-refractivity contribution is -0.184. The number of nitrogens with zero attached hydrogens (tertiary/aromatic N) is 1. The van der Waals surface area contributed by atoms with Crippen molar-refractivity contribution >= 4 is 53.9 Å². The number of ketones is 1. The van der Waals surface area contributed by atoms with Crippen LogP contribution in [-0.4, -0.2) is 81.0 Å². The highest BCUT2D eigenvalue weighted by Crippen LogP contribution is 2.64. The SMILES string of the molecule is CC(C)=CCCC1(C)C=Cc2c(O)c3c(c(CC=C(C)C)c2O1)OC12C(=CCCC1C(C)(C)OC2(CC=C(C)C(=O)O)C(=O)O)C3=O.CN(C)CCC=C1c2ccccc2C=Cc2ccccc21.Cl. The van der Waals surface area contributed by atoms with Gasteiger partial charge in [0.05, 0.1) is 11.2 Å². The van der Waals surface area contributed by atoms with Crippen molar-refractivity contribution in [2.75, 3.05) is 20.6 Å². The van der Waals surface area contributed by atoms with Gasteiger partial charge in [0.25, 0.3) is 0 Å². The molecule has 8 rings (SSSR count). The number of Topliss-reactive ketones (excluding diaryl/α,β-unsaturated/α-hetero) is 1. The number of aliphatic carboxylic acids is 2. The van der Waals surface area contributed by atoms with Crippen molar-refractivity contribution < 1.29 is 43.9 Å². The van der Waals surface area contributed by atoms with Crippen molar-refractivity contribution in [3.63, 3.8) is 0 Å². The van der Waals surface area contributed by atoms with Gasteiger partial charge in [-0.05, 0) is 148 Å². The maximum Gasteiger partial charge on any atom is 0.340 e. The third-order valence-corrected chi connectivity index (χ3v) is 13.9. The second kappa shape index (κ2) is 20.6. The molecule has 4 unspecified atom stereocenters. The number of phenolic OH excluding ortho intramolecular Hbond substituents is 1. The number of carbonyl (C=O) groups is 3. The number of hydrogen-bond donors (Lipinski definition) is 3. The average Bonchev–Trinajstić information content (AvgIpc) is 3.36. The van der Waals surface area contributed by atoms with Gasteiger partial charge in [-0.15, -0.1) is 12.4 Å². The first kappa shape index (κ1) is 52.4. The van der Waals surface area contributed by atoms with E-state index >= 15 is 0 Å². The maximum atomic E-state index is 14.7. The molecule has 11 heteroatoms. The van der Waals surface area contributed by atoms with Crippen molar-refractivity contribution in [2.45, 2.75) is 123 Å². The first-order valence-electron chi connectivity index (χ1n) is 23.7. The van der Waals surface area contributed by atoms with E-state index in [4.69, 9.17) is 14.2 Å². The molecule has 69 heavy (non-hydrogen) atoms. The summed E-state index contributed by atoms with van der Waals surface area (Å²) in [5, 5.41) is 32.4. The fourth-order valence-electron chi connectivity index (χ4n) is 10.4. The summed E-state index contributed by atoms with van der Waals surface area (Å²) in [4.78, 5) is 42.3. The van der Waals surface area contributed by atoms with Gasteiger partial charge in [0.2, 0.25) is 5.60 Å². The minimum absolute atomic E-state index is 0. The summed E-state index contributed by atoms with van der Waals surface area (Å²) in [7, 11) is 4.24. The first-order valence-corrected chi connectivity index (χ1v) is 23.7. The molecular weight excluding hydrogens is 890 g/mol. The van der Waals surface area contributed by atoms with E-state index in [9.17, 15) is 29.7 Å². The molecule has 366 valence electrons. The van der Waals surface area contributed by atoms with E-state index < -0.39 is 46.0 Å². The van der Waals surface area contributed by atoms with Crippen LogP contribution >= 0.6 is 12.4 Å². The number of halogens is 1. The van der Waals surface area contributed by atoms with E-state index in [0.717, 1.165) is 25.0 Å².